The molecule has 4 nitrogen and oxygen atoms in total. The number of fused-ring (bicyclic) bond motifs is 1. The molecule has 0 aromatic heterocycles. The Kier molecular flexibility index (Phi) is 2.01. The van der Waals surface area contributed by atoms with E-state index < -0.39 is 21.5 Å². The third-order valence-electron chi connectivity index (χ3n) is 1.87. The van der Waals surface area contributed by atoms with Gasteiger partial charge in [0.2, 0.25) is 5.91 Å². The monoisotopic (exact) mass is 231 g/mol. The molecule has 1 aromatic rings. The van der Waals surface area contributed by atoms with E-state index >= 15 is 0 Å². The number of benzene rings is 1. The molecule has 0 fully saturated rings. The molecule has 1 amide bonds. The number of carbonyl (C=O) groups is 1. The summed E-state index contributed by atoms with van der Waals surface area (Å²) in [6.45, 7) is 0. The summed E-state index contributed by atoms with van der Waals surface area (Å²) in [7, 11) is -3.51. The summed E-state index contributed by atoms with van der Waals surface area (Å²) in [4.78, 5) is 11.1. The number of halogens is 1. The van der Waals surface area contributed by atoms with Gasteiger partial charge in [-0.15, -0.1) is 0 Å². The van der Waals surface area contributed by atoms with Crippen molar-refractivity contribution in [3.05, 3.63) is 23.2 Å². The SMILES string of the molecule is O=C1CS(=O)(=O)c2cc(Cl)ccc2N1. The van der Waals surface area contributed by atoms with Crippen molar-refractivity contribution in [1.29, 1.82) is 0 Å². The van der Waals surface area contributed by atoms with E-state index in [1.54, 1.807) is 0 Å². The maximum Gasteiger partial charge on any atom is 0.239 e. The molecule has 0 radical (unpaired) electrons. The zero-order valence-corrected chi connectivity index (χ0v) is 8.52. The minimum Gasteiger partial charge on any atom is -0.324 e. The summed E-state index contributed by atoms with van der Waals surface area (Å²) >= 11 is 5.66. The molecule has 1 N–H and O–H groups in total. The van der Waals surface area contributed by atoms with Crippen LogP contribution in [-0.4, -0.2) is 20.1 Å². The largest absolute Gasteiger partial charge is 0.324 e. The molecule has 1 aliphatic rings. The van der Waals surface area contributed by atoms with Crippen LogP contribution in [0.2, 0.25) is 5.02 Å². The van der Waals surface area contributed by atoms with Gasteiger partial charge in [-0.25, -0.2) is 8.42 Å². The average Bonchev–Trinajstić information content (AvgIpc) is 2.05. The highest BCUT2D eigenvalue weighted by Gasteiger charge is 2.28. The minimum absolute atomic E-state index is 0.0876. The molecule has 0 bridgehead atoms. The lowest BCUT2D eigenvalue weighted by Gasteiger charge is -2.16. The number of hydrogen-bond acceptors (Lipinski definition) is 3. The Bertz CT molecular complexity index is 509. The van der Waals surface area contributed by atoms with Crippen molar-refractivity contribution in [3.63, 3.8) is 0 Å². The molecule has 0 saturated carbocycles. The van der Waals surface area contributed by atoms with Crippen LogP contribution in [-0.2, 0) is 14.6 Å². The maximum absolute atomic E-state index is 11.5. The lowest BCUT2D eigenvalue weighted by atomic mass is 10.3. The van der Waals surface area contributed by atoms with Gasteiger partial charge < -0.3 is 5.32 Å². The fourth-order valence-electron chi connectivity index (χ4n) is 1.29. The average molecular weight is 232 g/mol. The molecule has 14 heavy (non-hydrogen) atoms. The second kappa shape index (κ2) is 2.96. The topological polar surface area (TPSA) is 63.2 Å². The lowest BCUT2D eigenvalue weighted by molar-refractivity contribution is -0.114. The van der Waals surface area contributed by atoms with Crippen LogP contribution in [0, 0.1) is 0 Å². The van der Waals surface area contributed by atoms with Gasteiger partial charge in [0.1, 0.15) is 5.75 Å². The third-order valence-corrected chi connectivity index (χ3v) is 3.76. The van der Waals surface area contributed by atoms with E-state index in [4.69, 9.17) is 11.6 Å². The highest BCUT2D eigenvalue weighted by molar-refractivity contribution is 7.92. The van der Waals surface area contributed by atoms with Crippen LogP contribution >= 0.6 is 11.6 Å². The van der Waals surface area contributed by atoms with Gasteiger partial charge in [-0.2, -0.15) is 0 Å². The van der Waals surface area contributed by atoms with Crippen LogP contribution in [0.5, 0.6) is 0 Å². The molecule has 0 aliphatic carbocycles. The summed E-state index contributed by atoms with van der Waals surface area (Å²) in [6, 6.07) is 4.35. The number of anilines is 1. The molecular formula is C8H6ClNO3S. The first kappa shape index (κ1) is 9.48. The van der Waals surface area contributed by atoms with Crippen molar-refractivity contribution < 1.29 is 13.2 Å². The van der Waals surface area contributed by atoms with Gasteiger partial charge in [-0.3, -0.25) is 4.79 Å². The molecule has 6 heteroatoms. The van der Waals surface area contributed by atoms with E-state index in [1.807, 2.05) is 0 Å². The van der Waals surface area contributed by atoms with Crippen LogP contribution in [0.4, 0.5) is 5.69 Å². The van der Waals surface area contributed by atoms with Crippen molar-refractivity contribution in [2.45, 2.75) is 4.90 Å². The second-order valence-electron chi connectivity index (χ2n) is 2.95. The number of carbonyl (C=O) groups excluding carboxylic acids is 1. The van der Waals surface area contributed by atoms with Gasteiger partial charge in [0.05, 0.1) is 10.6 Å². The molecular weight excluding hydrogens is 226 g/mol. The normalized spacial score (nSPS) is 18.5. The highest BCUT2D eigenvalue weighted by Crippen LogP contribution is 2.28. The fraction of sp³-hybridized carbons (Fsp3) is 0.125. The number of nitrogens with one attached hydrogen (secondary N) is 1. The number of hydrogen-bond donors (Lipinski definition) is 1. The van der Waals surface area contributed by atoms with E-state index in [9.17, 15) is 13.2 Å². The minimum atomic E-state index is -3.51. The molecule has 2 rings (SSSR count). The zero-order valence-electron chi connectivity index (χ0n) is 6.95. The van der Waals surface area contributed by atoms with Crippen LogP contribution in [0.3, 0.4) is 0 Å². The van der Waals surface area contributed by atoms with Crippen molar-refractivity contribution in [1.82, 2.24) is 0 Å². The van der Waals surface area contributed by atoms with Crippen LogP contribution in [0.25, 0.3) is 0 Å². The smallest absolute Gasteiger partial charge is 0.239 e. The zero-order chi connectivity index (χ0) is 10.3. The van der Waals surface area contributed by atoms with Crippen molar-refractivity contribution in [2.24, 2.45) is 0 Å². The van der Waals surface area contributed by atoms with Crippen molar-refractivity contribution in [3.8, 4) is 0 Å². The van der Waals surface area contributed by atoms with Gasteiger partial charge in [-0.1, -0.05) is 11.6 Å². The molecule has 1 heterocycles. The molecule has 0 spiro atoms. The van der Waals surface area contributed by atoms with E-state index in [-0.39, 0.29) is 4.90 Å². The number of rotatable bonds is 0. The van der Waals surface area contributed by atoms with Crippen LogP contribution < -0.4 is 5.32 Å². The first-order valence-corrected chi connectivity index (χ1v) is 5.84. The Morgan fingerprint density at radius 2 is 2.07 bits per heavy atom. The third kappa shape index (κ3) is 1.49. The quantitative estimate of drug-likeness (QED) is 0.726. The first-order chi connectivity index (χ1) is 6.49. The van der Waals surface area contributed by atoms with Gasteiger partial charge in [-0.05, 0) is 18.2 Å². The van der Waals surface area contributed by atoms with Gasteiger partial charge in [0.15, 0.2) is 9.84 Å². The number of sulfone groups is 1. The summed E-state index contributed by atoms with van der Waals surface area (Å²) in [5.74, 6) is -1.03. The molecule has 74 valence electrons. The molecule has 1 aromatic carbocycles. The summed E-state index contributed by atoms with van der Waals surface area (Å²) in [5, 5.41) is 2.80. The van der Waals surface area contributed by atoms with Crippen LogP contribution in [0.15, 0.2) is 23.1 Å². The van der Waals surface area contributed by atoms with Gasteiger partial charge >= 0.3 is 0 Å². The highest BCUT2D eigenvalue weighted by atomic mass is 35.5. The van der Waals surface area contributed by atoms with Gasteiger partial charge in [0, 0.05) is 5.02 Å². The maximum atomic E-state index is 11.5. The van der Waals surface area contributed by atoms with Crippen molar-refractivity contribution >= 4 is 33.0 Å². The van der Waals surface area contributed by atoms with Crippen LogP contribution in [0.1, 0.15) is 0 Å². The Hall–Kier alpha value is -1.07. The summed E-state index contributed by atoms with van der Waals surface area (Å²) in [6.07, 6.45) is 0. The van der Waals surface area contributed by atoms with E-state index in [0.29, 0.717) is 10.7 Å². The van der Waals surface area contributed by atoms with E-state index in [1.165, 1.54) is 18.2 Å². The second-order valence-corrected chi connectivity index (χ2v) is 5.34. The molecule has 0 atom stereocenters. The fourth-order valence-corrected chi connectivity index (χ4v) is 2.86. The van der Waals surface area contributed by atoms with E-state index in [2.05, 4.69) is 5.32 Å². The first-order valence-electron chi connectivity index (χ1n) is 3.81. The van der Waals surface area contributed by atoms with Gasteiger partial charge in [0.25, 0.3) is 0 Å². The predicted octanol–water partition coefficient (Wildman–Crippen LogP) is 1.07. The summed E-state index contributed by atoms with van der Waals surface area (Å²) in [5.41, 5.74) is 0.297. The Balaban J connectivity index is 2.71. The summed E-state index contributed by atoms with van der Waals surface area (Å²) < 4.78 is 23.0. The standard InChI is InChI=1S/C8H6ClNO3S/c9-5-1-2-6-7(3-5)14(12,13)4-8(11)10-6/h1-3H,4H2,(H,10,11). The van der Waals surface area contributed by atoms with E-state index in [0.717, 1.165) is 0 Å². The Morgan fingerprint density at radius 1 is 1.36 bits per heavy atom. The molecule has 0 saturated heterocycles. The molecule has 0 unspecified atom stereocenters. The Morgan fingerprint density at radius 3 is 2.79 bits per heavy atom. The molecule has 1 aliphatic heterocycles. The Labute approximate surface area is 85.8 Å². The predicted molar refractivity (Wildman–Crippen MR) is 52.1 cm³/mol. The lowest BCUT2D eigenvalue weighted by Crippen LogP contribution is -2.29. The van der Waals surface area contributed by atoms with Crippen molar-refractivity contribution in [2.75, 3.05) is 11.1 Å². The number of amides is 1.